The minimum Gasteiger partial charge on any atom is -0.456 e. The molecule has 0 fully saturated rings. The van der Waals surface area contributed by atoms with Crippen molar-refractivity contribution in [1.29, 1.82) is 0 Å². The maximum Gasteiger partial charge on any atom is 0.135 e. The summed E-state index contributed by atoms with van der Waals surface area (Å²) in [5.41, 5.74) is 10.7. The van der Waals surface area contributed by atoms with Gasteiger partial charge in [0.25, 0.3) is 0 Å². The van der Waals surface area contributed by atoms with Crippen LogP contribution in [0, 0.1) is 0 Å². The Kier molecular flexibility index (Phi) is 5.19. The first-order chi connectivity index (χ1) is 22.2. The van der Waals surface area contributed by atoms with E-state index in [9.17, 15) is 0 Å². The van der Waals surface area contributed by atoms with Crippen LogP contribution in [-0.4, -0.2) is 0 Å². The summed E-state index contributed by atoms with van der Waals surface area (Å²) in [6.45, 7) is 0. The fourth-order valence-electron chi connectivity index (χ4n) is 6.83. The fraction of sp³-hybridized carbons (Fsp3) is 0. The minimum atomic E-state index is 0.894. The minimum absolute atomic E-state index is 0.894. The van der Waals surface area contributed by atoms with Crippen molar-refractivity contribution in [3.05, 3.63) is 146 Å². The van der Waals surface area contributed by atoms with Crippen LogP contribution in [0.25, 0.3) is 97.4 Å². The third-order valence-electron chi connectivity index (χ3n) is 9.09. The Bertz CT molecular complexity index is 2770. The monoisotopic (exact) mass is 592 g/mol. The Balaban J connectivity index is 1.07. The number of thiophene rings is 1. The Hall–Kier alpha value is -5.64. The van der Waals surface area contributed by atoms with Gasteiger partial charge in [0, 0.05) is 41.7 Å². The summed E-state index contributed by atoms with van der Waals surface area (Å²) in [4.78, 5) is 0. The molecule has 0 aliphatic rings. The van der Waals surface area contributed by atoms with Crippen molar-refractivity contribution in [2.24, 2.45) is 0 Å². The predicted octanol–water partition coefficient (Wildman–Crippen LogP) is 12.9. The number of fused-ring (bicyclic) bond motifs is 9. The number of furan rings is 2. The Morgan fingerprint density at radius 2 is 0.733 bits per heavy atom. The van der Waals surface area contributed by atoms with E-state index in [0.29, 0.717) is 0 Å². The van der Waals surface area contributed by atoms with Crippen molar-refractivity contribution in [1.82, 2.24) is 0 Å². The Labute approximate surface area is 262 Å². The third kappa shape index (κ3) is 3.88. The van der Waals surface area contributed by atoms with Gasteiger partial charge in [0.1, 0.15) is 22.3 Å². The molecule has 210 valence electrons. The molecule has 0 aliphatic heterocycles. The van der Waals surface area contributed by atoms with Crippen molar-refractivity contribution in [3.8, 4) is 33.4 Å². The average molecular weight is 593 g/mol. The quantitative estimate of drug-likeness (QED) is 0.204. The summed E-state index contributed by atoms with van der Waals surface area (Å²) < 4.78 is 15.0. The highest BCUT2D eigenvalue weighted by Crippen LogP contribution is 2.39. The van der Waals surface area contributed by atoms with Gasteiger partial charge in [-0.2, -0.15) is 0 Å². The van der Waals surface area contributed by atoms with Gasteiger partial charge in [-0.25, -0.2) is 0 Å². The molecule has 0 atom stereocenters. The molecule has 3 heterocycles. The van der Waals surface area contributed by atoms with Crippen LogP contribution in [0.4, 0.5) is 0 Å². The van der Waals surface area contributed by atoms with E-state index in [1.165, 1.54) is 42.4 Å². The standard InChI is InChI=1S/C42H24O2S/c1-3-10-37-31(8-1)33-21-28(13-16-38(33)43-37)29-14-18-40-35(23-29)34-22-27(12-17-39(34)44-40)25-6-5-7-26(20-25)30-15-19-42-36(24-30)32-9-2-4-11-41(32)45-42/h1-24H. The lowest BCUT2D eigenvalue weighted by Crippen LogP contribution is -1.82. The van der Waals surface area contributed by atoms with Gasteiger partial charge in [-0.05, 0) is 100 Å². The molecule has 0 bridgehead atoms. The van der Waals surface area contributed by atoms with E-state index in [1.54, 1.807) is 0 Å². The van der Waals surface area contributed by atoms with Gasteiger partial charge in [0.15, 0.2) is 0 Å². The van der Waals surface area contributed by atoms with Crippen LogP contribution in [0.15, 0.2) is 154 Å². The lowest BCUT2D eigenvalue weighted by Gasteiger charge is -2.07. The molecule has 0 unspecified atom stereocenters. The Morgan fingerprint density at radius 3 is 1.38 bits per heavy atom. The maximum atomic E-state index is 6.30. The van der Waals surface area contributed by atoms with Crippen molar-refractivity contribution in [2.75, 3.05) is 0 Å². The Morgan fingerprint density at radius 1 is 0.289 bits per heavy atom. The second kappa shape index (κ2) is 9.43. The van der Waals surface area contributed by atoms with E-state index in [0.717, 1.165) is 55.0 Å². The van der Waals surface area contributed by atoms with E-state index >= 15 is 0 Å². The largest absolute Gasteiger partial charge is 0.456 e. The summed E-state index contributed by atoms with van der Waals surface area (Å²) in [6.07, 6.45) is 0. The molecule has 0 saturated carbocycles. The van der Waals surface area contributed by atoms with Gasteiger partial charge in [-0.1, -0.05) is 78.9 Å². The van der Waals surface area contributed by atoms with Crippen molar-refractivity contribution >= 4 is 75.4 Å². The molecule has 0 spiro atoms. The molecule has 0 amide bonds. The number of para-hydroxylation sites is 1. The van der Waals surface area contributed by atoms with Crippen molar-refractivity contribution in [2.45, 2.75) is 0 Å². The van der Waals surface area contributed by atoms with Gasteiger partial charge in [-0.3, -0.25) is 0 Å². The van der Waals surface area contributed by atoms with Crippen LogP contribution in [0.5, 0.6) is 0 Å². The third-order valence-corrected chi connectivity index (χ3v) is 10.2. The van der Waals surface area contributed by atoms with E-state index in [1.807, 2.05) is 23.5 Å². The van der Waals surface area contributed by atoms with Crippen LogP contribution in [0.1, 0.15) is 0 Å². The molecule has 0 aliphatic carbocycles. The highest BCUT2D eigenvalue weighted by Gasteiger charge is 2.13. The predicted molar refractivity (Wildman–Crippen MR) is 190 cm³/mol. The van der Waals surface area contributed by atoms with E-state index < -0.39 is 0 Å². The normalized spacial score (nSPS) is 12.0. The smallest absolute Gasteiger partial charge is 0.135 e. The zero-order valence-corrected chi connectivity index (χ0v) is 24.9. The van der Waals surface area contributed by atoms with Crippen LogP contribution in [0.2, 0.25) is 0 Å². The van der Waals surface area contributed by atoms with Gasteiger partial charge in [-0.15, -0.1) is 11.3 Å². The number of rotatable bonds is 3. The first-order valence-electron chi connectivity index (χ1n) is 15.2. The average Bonchev–Trinajstić information content (AvgIpc) is 3.78. The zero-order chi connectivity index (χ0) is 29.5. The molecule has 3 heteroatoms. The van der Waals surface area contributed by atoms with Gasteiger partial charge < -0.3 is 8.83 Å². The van der Waals surface area contributed by atoms with E-state index in [4.69, 9.17) is 8.83 Å². The lowest BCUT2D eigenvalue weighted by atomic mass is 9.96. The molecular formula is C42H24O2S. The zero-order valence-electron chi connectivity index (χ0n) is 24.1. The molecule has 10 aromatic rings. The highest BCUT2D eigenvalue weighted by atomic mass is 32.1. The molecule has 0 radical (unpaired) electrons. The molecule has 0 N–H and O–H groups in total. The van der Waals surface area contributed by atoms with Gasteiger partial charge in [0.05, 0.1) is 0 Å². The van der Waals surface area contributed by atoms with Crippen LogP contribution >= 0.6 is 11.3 Å². The molecular weight excluding hydrogens is 569 g/mol. The van der Waals surface area contributed by atoms with Crippen LogP contribution < -0.4 is 0 Å². The summed E-state index contributed by atoms with van der Waals surface area (Å²) >= 11 is 1.86. The SMILES string of the molecule is c1cc(-c2ccc3oc4ccc(-c5ccc6oc7ccccc7c6c5)cc4c3c2)cc(-c2ccc3sc4ccccc4c3c2)c1. The van der Waals surface area contributed by atoms with E-state index in [2.05, 4.69) is 133 Å². The van der Waals surface area contributed by atoms with Crippen molar-refractivity contribution < 1.29 is 8.83 Å². The van der Waals surface area contributed by atoms with Gasteiger partial charge >= 0.3 is 0 Å². The lowest BCUT2D eigenvalue weighted by molar-refractivity contribution is 0.668. The fourth-order valence-corrected chi connectivity index (χ4v) is 7.91. The molecule has 0 saturated heterocycles. The summed E-state index contributed by atoms with van der Waals surface area (Å²) in [7, 11) is 0. The summed E-state index contributed by atoms with van der Waals surface area (Å²) in [5.74, 6) is 0. The topological polar surface area (TPSA) is 26.3 Å². The van der Waals surface area contributed by atoms with Crippen molar-refractivity contribution in [3.63, 3.8) is 0 Å². The number of hydrogen-bond donors (Lipinski definition) is 0. The highest BCUT2D eigenvalue weighted by molar-refractivity contribution is 7.25. The molecule has 10 rings (SSSR count). The maximum absolute atomic E-state index is 6.30. The van der Waals surface area contributed by atoms with Crippen LogP contribution in [-0.2, 0) is 0 Å². The first kappa shape index (κ1) is 24.8. The molecule has 7 aromatic carbocycles. The second-order valence-corrected chi connectivity index (χ2v) is 12.8. The number of benzene rings is 7. The number of hydrogen-bond acceptors (Lipinski definition) is 3. The van der Waals surface area contributed by atoms with E-state index in [-0.39, 0.29) is 0 Å². The van der Waals surface area contributed by atoms with Crippen LogP contribution in [0.3, 0.4) is 0 Å². The molecule has 3 aromatic heterocycles. The molecule has 45 heavy (non-hydrogen) atoms. The molecule has 2 nitrogen and oxygen atoms in total. The second-order valence-electron chi connectivity index (χ2n) is 11.7. The summed E-state index contributed by atoms with van der Waals surface area (Å²) in [6, 6.07) is 52.1. The van der Waals surface area contributed by atoms with Gasteiger partial charge in [0.2, 0.25) is 0 Å². The first-order valence-corrected chi connectivity index (χ1v) is 16.0. The summed E-state index contributed by atoms with van der Waals surface area (Å²) in [5, 5.41) is 7.16.